The van der Waals surface area contributed by atoms with Crippen molar-refractivity contribution in [2.45, 2.75) is 53.0 Å². The van der Waals surface area contributed by atoms with E-state index in [9.17, 15) is 0 Å². The van der Waals surface area contributed by atoms with Crippen molar-refractivity contribution in [1.29, 1.82) is 0 Å². The van der Waals surface area contributed by atoms with Gasteiger partial charge in [0.05, 0.1) is 15.9 Å². The molecule has 0 saturated heterocycles. The SMILES string of the molecule is CCCNC(Cc1c(Br)c(C)nn1C)CC(C)C. The molecule has 104 valence electrons. The fourth-order valence-corrected chi connectivity index (χ4v) is 2.79. The number of aryl methyl sites for hydroxylation is 2. The predicted molar refractivity (Wildman–Crippen MR) is 80.9 cm³/mol. The highest BCUT2D eigenvalue weighted by Crippen LogP contribution is 2.22. The van der Waals surface area contributed by atoms with E-state index in [1.807, 2.05) is 18.7 Å². The molecule has 1 N–H and O–H groups in total. The molecule has 0 aliphatic heterocycles. The molecule has 0 radical (unpaired) electrons. The first-order valence-corrected chi connectivity index (χ1v) is 7.66. The van der Waals surface area contributed by atoms with Crippen LogP contribution in [0.4, 0.5) is 0 Å². The quantitative estimate of drug-likeness (QED) is 0.835. The van der Waals surface area contributed by atoms with Crippen molar-refractivity contribution in [3.05, 3.63) is 15.9 Å². The van der Waals surface area contributed by atoms with Gasteiger partial charge in [-0.3, -0.25) is 4.68 Å². The molecule has 0 amide bonds. The van der Waals surface area contributed by atoms with Gasteiger partial charge in [-0.05, 0) is 48.2 Å². The molecule has 4 heteroatoms. The molecule has 0 fully saturated rings. The Hall–Kier alpha value is -0.350. The first-order chi connectivity index (χ1) is 8.45. The Labute approximate surface area is 119 Å². The van der Waals surface area contributed by atoms with Crippen molar-refractivity contribution in [3.63, 3.8) is 0 Å². The van der Waals surface area contributed by atoms with E-state index in [-0.39, 0.29) is 0 Å². The molecule has 1 aromatic heterocycles. The molecule has 0 saturated carbocycles. The van der Waals surface area contributed by atoms with Gasteiger partial charge in [0.25, 0.3) is 0 Å². The Morgan fingerprint density at radius 2 is 2.06 bits per heavy atom. The largest absolute Gasteiger partial charge is 0.314 e. The van der Waals surface area contributed by atoms with Crippen molar-refractivity contribution in [2.24, 2.45) is 13.0 Å². The lowest BCUT2D eigenvalue weighted by atomic mass is 9.99. The molecular formula is C14H26BrN3. The van der Waals surface area contributed by atoms with Gasteiger partial charge in [-0.25, -0.2) is 0 Å². The van der Waals surface area contributed by atoms with Crippen molar-refractivity contribution >= 4 is 15.9 Å². The molecule has 1 atom stereocenters. The maximum atomic E-state index is 4.47. The Balaban J connectivity index is 2.74. The van der Waals surface area contributed by atoms with E-state index in [4.69, 9.17) is 0 Å². The van der Waals surface area contributed by atoms with Crippen LogP contribution in [0.2, 0.25) is 0 Å². The number of nitrogens with zero attached hydrogens (tertiary/aromatic N) is 2. The second-order valence-corrected chi connectivity index (χ2v) is 6.25. The minimum Gasteiger partial charge on any atom is -0.314 e. The zero-order chi connectivity index (χ0) is 13.7. The molecule has 1 unspecified atom stereocenters. The monoisotopic (exact) mass is 315 g/mol. The summed E-state index contributed by atoms with van der Waals surface area (Å²) >= 11 is 3.65. The summed E-state index contributed by atoms with van der Waals surface area (Å²) in [5.74, 6) is 0.715. The van der Waals surface area contributed by atoms with Crippen molar-refractivity contribution in [3.8, 4) is 0 Å². The van der Waals surface area contributed by atoms with Crippen LogP contribution in [0.5, 0.6) is 0 Å². The molecule has 18 heavy (non-hydrogen) atoms. The van der Waals surface area contributed by atoms with Crippen molar-refractivity contribution < 1.29 is 0 Å². The molecule has 3 nitrogen and oxygen atoms in total. The molecule has 0 spiro atoms. The van der Waals surface area contributed by atoms with Gasteiger partial charge in [0.2, 0.25) is 0 Å². The highest BCUT2D eigenvalue weighted by Gasteiger charge is 2.17. The normalized spacial score (nSPS) is 13.3. The average Bonchev–Trinajstić information content (AvgIpc) is 2.52. The standard InChI is InChI=1S/C14H26BrN3/c1-6-7-16-12(8-10(2)3)9-13-14(15)11(4)17-18(13)5/h10,12,16H,6-9H2,1-5H3. The third-order valence-corrected chi connectivity index (χ3v) is 4.17. The van der Waals surface area contributed by atoms with E-state index >= 15 is 0 Å². The van der Waals surface area contributed by atoms with Crippen LogP contribution in [-0.2, 0) is 13.5 Å². The van der Waals surface area contributed by atoms with Gasteiger partial charge >= 0.3 is 0 Å². The Morgan fingerprint density at radius 3 is 2.50 bits per heavy atom. The fourth-order valence-electron chi connectivity index (χ4n) is 2.29. The summed E-state index contributed by atoms with van der Waals surface area (Å²) < 4.78 is 3.16. The fraction of sp³-hybridized carbons (Fsp3) is 0.786. The summed E-state index contributed by atoms with van der Waals surface area (Å²) in [6.45, 7) is 9.91. The van der Waals surface area contributed by atoms with E-state index in [2.05, 4.69) is 47.1 Å². The van der Waals surface area contributed by atoms with Gasteiger partial charge in [-0.2, -0.15) is 5.10 Å². The van der Waals surface area contributed by atoms with Crippen LogP contribution in [0, 0.1) is 12.8 Å². The lowest BCUT2D eigenvalue weighted by Crippen LogP contribution is -2.33. The molecule has 1 rings (SSSR count). The predicted octanol–water partition coefficient (Wildman–Crippen LogP) is 3.45. The van der Waals surface area contributed by atoms with E-state index in [0.29, 0.717) is 12.0 Å². The Kier molecular flexibility index (Phi) is 6.36. The van der Waals surface area contributed by atoms with Gasteiger partial charge in [0, 0.05) is 19.5 Å². The molecule has 1 aromatic rings. The summed E-state index contributed by atoms with van der Waals surface area (Å²) in [7, 11) is 2.03. The zero-order valence-electron chi connectivity index (χ0n) is 12.3. The second kappa shape index (κ2) is 7.29. The lowest BCUT2D eigenvalue weighted by molar-refractivity contribution is 0.409. The number of aromatic nitrogens is 2. The minimum absolute atomic E-state index is 0.538. The van der Waals surface area contributed by atoms with Crippen LogP contribution in [-0.4, -0.2) is 22.4 Å². The summed E-state index contributed by atoms with van der Waals surface area (Å²) in [6.07, 6.45) is 3.42. The molecule has 0 aliphatic carbocycles. The lowest BCUT2D eigenvalue weighted by Gasteiger charge is -2.20. The summed E-state index contributed by atoms with van der Waals surface area (Å²) in [4.78, 5) is 0. The van der Waals surface area contributed by atoms with Gasteiger partial charge in [-0.1, -0.05) is 20.8 Å². The van der Waals surface area contributed by atoms with Crippen molar-refractivity contribution in [2.75, 3.05) is 6.54 Å². The van der Waals surface area contributed by atoms with E-state index in [0.717, 1.165) is 23.1 Å². The maximum Gasteiger partial charge on any atom is 0.0738 e. The first kappa shape index (κ1) is 15.7. The third kappa shape index (κ3) is 4.39. The van der Waals surface area contributed by atoms with Crippen LogP contribution in [0.1, 0.15) is 45.0 Å². The van der Waals surface area contributed by atoms with E-state index < -0.39 is 0 Å². The van der Waals surface area contributed by atoms with Crippen LogP contribution >= 0.6 is 15.9 Å². The number of rotatable bonds is 7. The van der Waals surface area contributed by atoms with Gasteiger partial charge in [0.1, 0.15) is 0 Å². The van der Waals surface area contributed by atoms with Crippen LogP contribution < -0.4 is 5.32 Å². The van der Waals surface area contributed by atoms with Gasteiger partial charge in [-0.15, -0.1) is 0 Å². The Morgan fingerprint density at radius 1 is 1.39 bits per heavy atom. The Bertz CT molecular complexity index is 371. The highest BCUT2D eigenvalue weighted by atomic mass is 79.9. The zero-order valence-corrected chi connectivity index (χ0v) is 13.8. The van der Waals surface area contributed by atoms with Crippen molar-refractivity contribution in [1.82, 2.24) is 15.1 Å². The number of hydrogen-bond donors (Lipinski definition) is 1. The number of nitrogens with one attached hydrogen (secondary N) is 1. The molecule has 0 aromatic carbocycles. The van der Waals surface area contributed by atoms with Crippen LogP contribution in [0.15, 0.2) is 4.47 Å². The minimum atomic E-state index is 0.538. The smallest absolute Gasteiger partial charge is 0.0738 e. The van der Waals surface area contributed by atoms with E-state index in [1.54, 1.807) is 0 Å². The highest BCUT2D eigenvalue weighted by molar-refractivity contribution is 9.10. The van der Waals surface area contributed by atoms with Crippen LogP contribution in [0.25, 0.3) is 0 Å². The number of halogens is 1. The summed E-state index contributed by atoms with van der Waals surface area (Å²) in [6, 6.07) is 0.538. The molecule has 0 bridgehead atoms. The van der Waals surface area contributed by atoms with E-state index in [1.165, 1.54) is 18.5 Å². The van der Waals surface area contributed by atoms with Gasteiger partial charge in [0.15, 0.2) is 0 Å². The number of hydrogen-bond acceptors (Lipinski definition) is 2. The van der Waals surface area contributed by atoms with Crippen LogP contribution in [0.3, 0.4) is 0 Å². The average molecular weight is 316 g/mol. The topological polar surface area (TPSA) is 29.9 Å². The second-order valence-electron chi connectivity index (χ2n) is 5.45. The molecular weight excluding hydrogens is 290 g/mol. The summed E-state index contributed by atoms with van der Waals surface area (Å²) in [5, 5.41) is 8.12. The first-order valence-electron chi connectivity index (χ1n) is 6.87. The molecule has 1 heterocycles. The van der Waals surface area contributed by atoms with Gasteiger partial charge < -0.3 is 5.32 Å². The maximum absolute atomic E-state index is 4.47. The summed E-state index contributed by atoms with van der Waals surface area (Å²) in [5.41, 5.74) is 2.37. The third-order valence-electron chi connectivity index (χ3n) is 3.14. The molecule has 0 aliphatic rings.